The molecule has 0 unspecified atom stereocenters. The lowest BCUT2D eigenvalue weighted by Gasteiger charge is -2.27. The van der Waals surface area contributed by atoms with Crippen LogP contribution >= 0.6 is 0 Å². The third-order valence-electron chi connectivity index (χ3n) is 9.27. The smallest absolute Gasteiger partial charge is 0.407 e. The summed E-state index contributed by atoms with van der Waals surface area (Å²) >= 11 is 0. The molecule has 16 heteroatoms. The molecule has 0 aliphatic carbocycles. The molecule has 2 fully saturated rings. The maximum absolute atomic E-state index is 13.4. The molecule has 52 heavy (non-hydrogen) atoms. The van der Waals surface area contributed by atoms with Gasteiger partial charge in [-0.05, 0) is 62.1 Å². The number of hydrogen-bond donors (Lipinski definition) is 4. The lowest BCUT2D eigenvalue weighted by molar-refractivity contribution is -0.136. The summed E-state index contributed by atoms with van der Waals surface area (Å²) in [6, 6.07) is 9.12. The molecule has 2 aliphatic heterocycles. The first-order chi connectivity index (χ1) is 25.2. The number of nitrogens with zero attached hydrogens (tertiary/aromatic N) is 4. The second-order valence-corrected chi connectivity index (χ2v) is 12.6. The van der Waals surface area contributed by atoms with Crippen LogP contribution < -0.4 is 10.6 Å². The standard InChI is InChI=1S/C36H42N8O8/c1-49-19-27(41-35(47)51-3)33(45)43-15-5-7-29(43)31-37-23-13-11-21(17-25(23)39-31)9-10-22-12-14-24-26(18-22)40-32(38-24)30-8-6-16-44(30)34(46)28(20-50-2)42-36(48)52-4/h11-14,17-18,27-30H,5-8,15-16,19-20H2,1-4H3,(H,37,39)(H,38,40)(H,41,47)(H,42,48)/t27-,28-,29-,30-/m0/s1. The van der Waals surface area contributed by atoms with Crippen LogP contribution in [0.3, 0.4) is 0 Å². The summed E-state index contributed by atoms with van der Waals surface area (Å²) in [7, 11) is 5.43. The number of imidazole rings is 2. The summed E-state index contributed by atoms with van der Waals surface area (Å²) < 4.78 is 19.7. The number of nitrogens with one attached hydrogen (secondary N) is 4. The Morgan fingerprint density at radius 2 is 1.23 bits per heavy atom. The predicted molar refractivity (Wildman–Crippen MR) is 188 cm³/mol. The van der Waals surface area contributed by atoms with Crippen LogP contribution in [0, 0.1) is 11.8 Å². The van der Waals surface area contributed by atoms with Crippen molar-refractivity contribution < 1.29 is 38.1 Å². The minimum atomic E-state index is -0.881. The van der Waals surface area contributed by atoms with Gasteiger partial charge in [0, 0.05) is 38.4 Å². The molecule has 6 rings (SSSR count). The first kappa shape index (κ1) is 36.1. The summed E-state index contributed by atoms with van der Waals surface area (Å²) in [4.78, 5) is 70.3. The van der Waals surface area contributed by atoms with Gasteiger partial charge in [0.1, 0.15) is 23.7 Å². The van der Waals surface area contributed by atoms with Crippen LogP contribution in [-0.4, -0.2) is 121 Å². The topological polar surface area (TPSA) is 193 Å². The van der Waals surface area contributed by atoms with E-state index >= 15 is 0 Å². The van der Waals surface area contributed by atoms with E-state index in [0.717, 1.165) is 58.9 Å². The highest BCUT2D eigenvalue weighted by Gasteiger charge is 2.38. The summed E-state index contributed by atoms with van der Waals surface area (Å²) in [5.74, 6) is 7.26. The van der Waals surface area contributed by atoms with Gasteiger partial charge in [-0.25, -0.2) is 19.6 Å². The van der Waals surface area contributed by atoms with Crippen molar-refractivity contribution in [3.8, 4) is 11.8 Å². The second-order valence-electron chi connectivity index (χ2n) is 12.6. The molecule has 2 aromatic heterocycles. The van der Waals surface area contributed by atoms with Gasteiger partial charge in [-0.3, -0.25) is 9.59 Å². The highest BCUT2D eigenvalue weighted by Crippen LogP contribution is 2.33. The molecule has 4 N–H and O–H groups in total. The molecule has 0 spiro atoms. The maximum Gasteiger partial charge on any atom is 0.407 e. The van der Waals surface area contributed by atoms with E-state index in [-0.39, 0.29) is 37.1 Å². The van der Waals surface area contributed by atoms with Crippen LogP contribution in [0.25, 0.3) is 22.1 Å². The van der Waals surface area contributed by atoms with Crippen LogP contribution in [0.4, 0.5) is 9.59 Å². The molecule has 0 radical (unpaired) electrons. The third kappa shape index (κ3) is 7.80. The summed E-state index contributed by atoms with van der Waals surface area (Å²) in [5.41, 5.74) is 4.63. The van der Waals surface area contributed by atoms with E-state index in [4.69, 9.17) is 19.4 Å². The van der Waals surface area contributed by atoms with Gasteiger partial charge in [0.2, 0.25) is 11.8 Å². The normalized spacial score (nSPS) is 18.2. The van der Waals surface area contributed by atoms with Crippen molar-refractivity contribution in [2.75, 3.05) is 54.7 Å². The van der Waals surface area contributed by atoms with E-state index in [1.54, 1.807) is 9.80 Å². The van der Waals surface area contributed by atoms with E-state index in [1.165, 1.54) is 28.4 Å². The minimum absolute atomic E-state index is 0.0149. The Morgan fingerprint density at radius 3 is 1.77 bits per heavy atom. The first-order valence-electron chi connectivity index (χ1n) is 17.0. The van der Waals surface area contributed by atoms with Crippen LogP contribution in [0.15, 0.2) is 36.4 Å². The zero-order chi connectivity index (χ0) is 36.8. The molecule has 4 heterocycles. The number of H-pyrrole nitrogens is 2. The van der Waals surface area contributed by atoms with Gasteiger partial charge in [-0.2, -0.15) is 0 Å². The molecule has 2 saturated heterocycles. The fraction of sp³-hybridized carbons (Fsp3) is 0.444. The summed E-state index contributed by atoms with van der Waals surface area (Å²) in [6.07, 6.45) is 1.64. The van der Waals surface area contributed by atoms with Crippen molar-refractivity contribution in [2.45, 2.75) is 49.9 Å². The zero-order valence-corrected chi connectivity index (χ0v) is 29.5. The second kappa shape index (κ2) is 16.1. The molecule has 2 aromatic carbocycles. The molecule has 16 nitrogen and oxygen atoms in total. The zero-order valence-electron chi connectivity index (χ0n) is 29.5. The van der Waals surface area contributed by atoms with Crippen molar-refractivity contribution in [3.05, 3.63) is 59.2 Å². The fourth-order valence-corrected chi connectivity index (χ4v) is 6.79. The number of alkyl carbamates (subject to hydrolysis) is 2. The van der Waals surface area contributed by atoms with Gasteiger partial charge in [0.15, 0.2) is 0 Å². The molecule has 2 aliphatic rings. The number of methoxy groups -OCH3 is 4. The number of carbonyl (C=O) groups excluding carboxylic acids is 4. The van der Waals surface area contributed by atoms with Crippen molar-refractivity contribution in [3.63, 3.8) is 0 Å². The van der Waals surface area contributed by atoms with Crippen molar-refractivity contribution >= 4 is 46.1 Å². The summed E-state index contributed by atoms with van der Waals surface area (Å²) in [6.45, 7) is 1.09. The number of fused-ring (bicyclic) bond motifs is 2. The highest BCUT2D eigenvalue weighted by molar-refractivity contribution is 5.87. The van der Waals surface area contributed by atoms with E-state index in [0.29, 0.717) is 24.7 Å². The molecular weight excluding hydrogens is 672 g/mol. The number of aromatic amines is 2. The Bertz CT molecular complexity index is 1870. The van der Waals surface area contributed by atoms with Gasteiger partial charge < -0.3 is 49.3 Å². The van der Waals surface area contributed by atoms with Gasteiger partial charge in [0.05, 0.1) is 61.6 Å². The number of rotatable bonds is 10. The quantitative estimate of drug-likeness (QED) is 0.178. The Kier molecular flexibility index (Phi) is 11.2. The van der Waals surface area contributed by atoms with Gasteiger partial charge >= 0.3 is 12.2 Å². The van der Waals surface area contributed by atoms with E-state index in [9.17, 15) is 19.2 Å². The maximum atomic E-state index is 13.4. The Hall–Kier alpha value is -5.66. The number of amides is 4. The Balaban J connectivity index is 1.17. The summed E-state index contributed by atoms with van der Waals surface area (Å²) in [5, 5.41) is 5.12. The molecular formula is C36H42N8O8. The molecule has 274 valence electrons. The number of carbonyl (C=O) groups is 4. The molecule has 4 amide bonds. The van der Waals surface area contributed by atoms with Crippen LogP contribution in [-0.2, 0) is 28.5 Å². The number of aromatic nitrogens is 4. The Morgan fingerprint density at radius 1 is 0.731 bits per heavy atom. The van der Waals surface area contributed by atoms with Crippen molar-refractivity contribution in [1.29, 1.82) is 0 Å². The lowest BCUT2D eigenvalue weighted by Crippen LogP contribution is -2.50. The van der Waals surface area contributed by atoms with Crippen LogP contribution in [0.2, 0.25) is 0 Å². The van der Waals surface area contributed by atoms with Gasteiger partial charge in [0.25, 0.3) is 0 Å². The average molecular weight is 715 g/mol. The third-order valence-corrected chi connectivity index (χ3v) is 9.27. The Labute approximate surface area is 299 Å². The molecule has 4 atom stereocenters. The average Bonchev–Trinajstić information content (AvgIpc) is 3.97. The van der Waals surface area contributed by atoms with Gasteiger partial charge in [-0.15, -0.1) is 0 Å². The lowest BCUT2D eigenvalue weighted by atomic mass is 10.1. The number of benzene rings is 2. The number of likely N-dealkylation sites (tertiary alicyclic amines) is 2. The van der Waals surface area contributed by atoms with E-state index in [1.807, 2.05) is 36.4 Å². The molecule has 4 aromatic rings. The first-order valence-corrected chi connectivity index (χ1v) is 17.0. The van der Waals surface area contributed by atoms with E-state index < -0.39 is 24.3 Å². The number of ether oxygens (including phenoxy) is 4. The molecule has 0 bridgehead atoms. The SMILES string of the molecule is COC[C@H](NC(=O)OC)C(=O)N1CCC[C@H]1c1nc2cc(C#Cc3ccc4nc([C@@H]5CCCN5C(=O)[C@H](COC)NC(=O)OC)[nH]c4c3)ccc2[nH]1. The van der Waals surface area contributed by atoms with Crippen LogP contribution in [0.1, 0.15) is 60.5 Å². The fourth-order valence-electron chi connectivity index (χ4n) is 6.79. The van der Waals surface area contributed by atoms with E-state index in [2.05, 4.69) is 41.9 Å². The minimum Gasteiger partial charge on any atom is -0.453 e. The van der Waals surface area contributed by atoms with Crippen molar-refractivity contribution in [1.82, 2.24) is 40.4 Å². The largest absolute Gasteiger partial charge is 0.453 e. The monoisotopic (exact) mass is 714 g/mol. The molecule has 0 saturated carbocycles. The predicted octanol–water partition coefficient (Wildman–Crippen LogP) is 2.91. The van der Waals surface area contributed by atoms with Crippen molar-refractivity contribution in [2.24, 2.45) is 0 Å². The highest BCUT2D eigenvalue weighted by atomic mass is 16.5. The van der Waals surface area contributed by atoms with Gasteiger partial charge in [-0.1, -0.05) is 11.8 Å². The number of hydrogen-bond acceptors (Lipinski definition) is 10. The van der Waals surface area contributed by atoms with Crippen LogP contribution in [0.5, 0.6) is 0 Å².